The second kappa shape index (κ2) is 13.1. The van der Waals surface area contributed by atoms with Crippen molar-refractivity contribution in [3.05, 3.63) is 48.3 Å². The fraction of sp³-hybridized carbons (Fsp3) is 0.548. The van der Waals surface area contributed by atoms with Crippen LogP contribution >= 0.6 is 0 Å². The van der Waals surface area contributed by atoms with Gasteiger partial charge in [0.05, 0.1) is 5.69 Å². The number of hydrogen-bond acceptors (Lipinski definition) is 9. The molecule has 3 aliphatic heterocycles. The molecule has 2 aromatic rings. The molecule has 3 saturated heterocycles. The van der Waals surface area contributed by atoms with Crippen LogP contribution in [0.5, 0.6) is 0 Å². The van der Waals surface area contributed by atoms with Crippen molar-refractivity contribution in [3.63, 3.8) is 0 Å². The number of aromatic nitrogens is 2. The maximum absolute atomic E-state index is 12.4. The van der Waals surface area contributed by atoms with E-state index in [4.69, 9.17) is 10.7 Å². The highest BCUT2D eigenvalue weighted by Gasteiger charge is 2.29. The summed E-state index contributed by atoms with van der Waals surface area (Å²) in [5.41, 5.74) is 8.51. The molecule has 0 saturated carbocycles. The van der Waals surface area contributed by atoms with Gasteiger partial charge in [-0.25, -0.2) is 9.97 Å². The first-order valence-electron chi connectivity index (χ1n) is 15.2. The molecule has 0 radical (unpaired) electrons. The number of piperazine rings is 1. The Kier molecular flexibility index (Phi) is 9.27. The van der Waals surface area contributed by atoms with Gasteiger partial charge in [0.15, 0.2) is 17.3 Å². The molecule has 3 aliphatic rings. The van der Waals surface area contributed by atoms with E-state index in [-0.39, 0.29) is 23.6 Å². The summed E-state index contributed by atoms with van der Waals surface area (Å²) in [5, 5.41) is 6.75. The number of benzene rings is 1. The second-order valence-electron chi connectivity index (χ2n) is 12.0. The minimum Gasteiger partial charge on any atom is -0.371 e. The molecular formula is C31H45N9O2. The molecule has 0 spiro atoms. The van der Waals surface area contributed by atoms with Crippen LogP contribution in [-0.2, 0) is 4.79 Å². The zero-order valence-electron chi connectivity index (χ0n) is 25.2. The molecule has 42 heavy (non-hydrogen) atoms. The van der Waals surface area contributed by atoms with E-state index in [1.807, 2.05) is 26.0 Å². The van der Waals surface area contributed by atoms with Crippen LogP contribution < -0.4 is 21.3 Å². The zero-order valence-corrected chi connectivity index (χ0v) is 25.2. The minimum atomic E-state index is -0.637. The maximum atomic E-state index is 12.4. The highest BCUT2D eigenvalue weighted by Crippen LogP contribution is 2.30. The predicted octanol–water partition coefficient (Wildman–Crippen LogP) is 2.86. The Morgan fingerprint density at radius 2 is 1.67 bits per heavy atom. The van der Waals surface area contributed by atoms with E-state index >= 15 is 0 Å². The number of carbonyl (C=O) groups excluding carboxylic acids is 2. The van der Waals surface area contributed by atoms with E-state index in [1.54, 1.807) is 4.90 Å². The molecule has 3 fully saturated rings. The lowest BCUT2D eigenvalue weighted by atomic mass is 10.0. The number of hydrogen-bond donors (Lipinski definition) is 3. The summed E-state index contributed by atoms with van der Waals surface area (Å²) in [6.45, 7) is 15.5. The Balaban J connectivity index is 1.27. The van der Waals surface area contributed by atoms with E-state index in [0.29, 0.717) is 36.5 Å². The molecular weight excluding hydrogens is 530 g/mol. The maximum Gasteiger partial charge on any atom is 0.271 e. The predicted molar refractivity (Wildman–Crippen MR) is 167 cm³/mol. The minimum absolute atomic E-state index is 0.0131. The summed E-state index contributed by atoms with van der Waals surface area (Å²) in [7, 11) is 2.20. The van der Waals surface area contributed by atoms with Crippen LogP contribution in [0.1, 0.15) is 55.2 Å². The number of carbonyl (C=O) groups is 2. The van der Waals surface area contributed by atoms with E-state index in [2.05, 4.69) is 56.1 Å². The third kappa shape index (κ3) is 6.84. The summed E-state index contributed by atoms with van der Waals surface area (Å²) in [6, 6.07) is 8.93. The van der Waals surface area contributed by atoms with Crippen LogP contribution in [-0.4, -0.2) is 108 Å². The molecule has 2 amide bonds. The normalized spacial score (nSPS) is 20.6. The molecule has 4 heterocycles. The lowest BCUT2D eigenvalue weighted by Crippen LogP contribution is -2.52. The quantitative estimate of drug-likeness (QED) is 0.387. The highest BCUT2D eigenvalue weighted by atomic mass is 16.2. The van der Waals surface area contributed by atoms with Gasteiger partial charge in [-0.05, 0) is 62.6 Å². The number of nitrogens with zero attached hydrogens (tertiary/aromatic N) is 6. The average molecular weight is 576 g/mol. The summed E-state index contributed by atoms with van der Waals surface area (Å²) >= 11 is 0. The number of nitrogens with one attached hydrogen (secondary N) is 2. The lowest BCUT2D eigenvalue weighted by Gasteiger charge is -2.42. The Labute approximate surface area is 249 Å². The van der Waals surface area contributed by atoms with Crippen molar-refractivity contribution in [2.45, 2.75) is 51.1 Å². The summed E-state index contributed by atoms with van der Waals surface area (Å²) in [5.74, 6) is 0.201. The molecule has 0 unspecified atom stereocenters. The van der Waals surface area contributed by atoms with Crippen LogP contribution in [0.25, 0.3) is 0 Å². The van der Waals surface area contributed by atoms with Crippen molar-refractivity contribution in [3.8, 4) is 0 Å². The molecule has 0 aliphatic carbocycles. The Morgan fingerprint density at radius 1 is 0.976 bits per heavy atom. The SMILES string of the molecule is C=CC(=O)N1CC[C@@H](Nc2nc(Nc3ccc(N4CCC(N5CCN(C)CC5)CC4)cc3)c(C(N)=O)nc2C(C)C)C1. The highest BCUT2D eigenvalue weighted by molar-refractivity contribution is 5.96. The number of piperidine rings is 1. The summed E-state index contributed by atoms with van der Waals surface area (Å²) in [4.78, 5) is 43.2. The zero-order chi connectivity index (χ0) is 29.8. The van der Waals surface area contributed by atoms with Gasteiger partial charge >= 0.3 is 0 Å². The molecule has 4 N–H and O–H groups in total. The largest absolute Gasteiger partial charge is 0.371 e. The van der Waals surface area contributed by atoms with Gasteiger partial charge in [0.2, 0.25) is 5.91 Å². The lowest BCUT2D eigenvalue weighted by molar-refractivity contribution is -0.125. The Morgan fingerprint density at radius 3 is 2.29 bits per heavy atom. The number of anilines is 4. The summed E-state index contributed by atoms with van der Waals surface area (Å²) in [6.07, 6.45) is 4.49. The number of likely N-dealkylation sites (N-methyl/N-ethyl adjacent to an activating group) is 1. The van der Waals surface area contributed by atoms with Crippen LogP contribution in [0.4, 0.5) is 23.0 Å². The summed E-state index contributed by atoms with van der Waals surface area (Å²) < 4.78 is 0. The van der Waals surface area contributed by atoms with Gasteiger partial charge in [-0.2, -0.15) is 0 Å². The van der Waals surface area contributed by atoms with Gasteiger partial charge in [-0.1, -0.05) is 20.4 Å². The van der Waals surface area contributed by atoms with Crippen molar-refractivity contribution >= 4 is 34.8 Å². The van der Waals surface area contributed by atoms with Crippen LogP contribution in [0.3, 0.4) is 0 Å². The van der Waals surface area contributed by atoms with Crippen LogP contribution in [0, 0.1) is 0 Å². The molecule has 11 heteroatoms. The molecule has 0 bridgehead atoms. The molecule has 1 aromatic carbocycles. The molecule has 11 nitrogen and oxygen atoms in total. The molecule has 1 aromatic heterocycles. The first kappa shape index (κ1) is 29.8. The monoisotopic (exact) mass is 575 g/mol. The molecule has 226 valence electrons. The van der Waals surface area contributed by atoms with Crippen LogP contribution in [0.15, 0.2) is 36.9 Å². The van der Waals surface area contributed by atoms with Crippen molar-refractivity contribution in [1.82, 2.24) is 24.7 Å². The number of rotatable bonds is 9. The van der Waals surface area contributed by atoms with E-state index in [9.17, 15) is 9.59 Å². The van der Waals surface area contributed by atoms with Crippen molar-refractivity contribution in [2.75, 3.05) is 74.9 Å². The van der Waals surface area contributed by atoms with Crippen molar-refractivity contribution < 1.29 is 9.59 Å². The number of likely N-dealkylation sites (tertiary alicyclic amines) is 1. The Hall–Kier alpha value is -3.70. The molecule has 5 rings (SSSR count). The number of nitrogens with two attached hydrogens (primary N) is 1. The van der Waals surface area contributed by atoms with E-state index < -0.39 is 5.91 Å². The number of primary amides is 1. The van der Waals surface area contributed by atoms with Gasteiger partial charge in [0, 0.05) is 75.8 Å². The van der Waals surface area contributed by atoms with E-state index in [1.165, 1.54) is 37.7 Å². The average Bonchev–Trinajstić information content (AvgIpc) is 3.46. The van der Waals surface area contributed by atoms with Crippen molar-refractivity contribution in [1.29, 1.82) is 0 Å². The fourth-order valence-electron chi connectivity index (χ4n) is 6.19. The van der Waals surface area contributed by atoms with Gasteiger partial charge in [-0.3, -0.25) is 14.5 Å². The van der Waals surface area contributed by atoms with Crippen LogP contribution in [0.2, 0.25) is 0 Å². The number of amides is 2. The third-order valence-electron chi connectivity index (χ3n) is 8.73. The molecule has 1 atom stereocenters. The second-order valence-corrected chi connectivity index (χ2v) is 12.0. The van der Waals surface area contributed by atoms with Gasteiger partial charge in [0.25, 0.3) is 5.91 Å². The topological polar surface area (TPSA) is 123 Å². The van der Waals surface area contributed by atoms with Gasteiger partial charge < -0.3 is 31.1 Å². The van der Waals surface area contributed by atoms with Gasteiger partial charge in [-0.15, -0.1) is 0 Å². The first-order chi connectivity index (χ1) is 20.2. The van der Waals surface area contributed by atoms with E-state index in [0.717, 1.165) is 38.3 Å². The van der Waals surface area contributed by atoms with Crippen molar-refractivity contribution in [2.24, 2.45) is 5.73 Å². The fourth-order valence-corrected chi connectivity index (χ4v) is 6.19. The third-order valence-corrected chi connectivity index (χ3v) is 8.73. The standard InChI is InChI=1S/C31H45N9O2/c1-5-26(41)40-13-10-23(20-40)34-30-27(21(2)3)35-28(29(32)42)31(36-30)33-22-6-8-24(9-7-22)38-14-11-25(12-15-38)39-18-16-37(4)17-19-39/h5-9,21,23,25H,1,10-20H2,2-4H3,(H2,32,42)(H2,33,34,36)/t23-/m1/s1. The smallest absolute Gasteiger partial charge is 0.271 e. The van der Waals surface area contributed by atoms with Gasteiger partial charge in [0.1, 0.15) is 0 Å². The Bertz CT molecular complexity index is 1270. The first-order valence-corrected chi connectivity index (χ1v) is 15.2.